The number of benzene rings is 2. The third-order valence-electron chi connectivity index (χ3n) is 4.02. The lowest BCUT2D eigenvalue weighted by Gasteiger charge is -2.10. The van der Waals surface area contributed by atoms with Crippen LogP contribution >= 0.6 is 0 Å². The molecule has 3 aromatic rings. The number of hydrogen-bond donors (Lipinski definition) is 2. The Morgan fingerprint density at radius 1 is 1.00 bits per heavy atom. The van der Waals surface area contributed by atoms with Crippen LogP contribution in [0.5, 0.6) is 5.75 Å². The first kappa shape index (κ1) is 20.5. The molecule has 0 aliphatic carbocycles. The lowest BCUT2D eigenvalue weighted by atomic mass is 10.1. The van der Waals surface area contributed by atoms with E-state index in [1.165, 1.54) is 18.3 Å². The summed E-state index contributed by atoms with van der Waals surface area (Å²) in [5, 5.41) is 16.6. The average Bonchev–Trinajstić information content (AvgIpc) is 2.75. The molecule has 152 valence electrons. The van der Waals surface area contributed by atoms with Crippen molar-refractivity contribution in [1.29, 1.82) is 0 Å². The van der Waals surface area contributed by atoms with Crippen molar-refractivity contribution in [2.24, 2.45) is 0 Å². The van der Waals surface area contributed by atoms with Gasteiger partial charge in [0.1, 0.15) is 0 Å². The van der Waals surface area contributed by atoms with Gasteiger partial charge >= 0.3 is 5.69 Å². The lowest BCUT2D eigenvalue weighted by Crippen LogP contribution is -2.14. The number of anilines is 2. The molecule has 30 heavy (non-hydrogen) atoms. The Morgan fingerprint density at radius 2 is 1.70 bits per heavy atom. The van der Waals surface area contributed by atoms with Gasteiger partial charge in [-0.05, 0) is 49.4 Å². The molecule has 2 amide bonds. The second kappa shape index (κ2) is 9.28. The van der Waals surface area contributed by atoms with E-state index in [0.717, 1.165) is 6.07 Å². The highest BCUT2D eigenvalue weighted by atomic mass is 16.6. The molecule has 0 unspecified atom stereocenters. The number of hydrogen-bond acceptors (Lipinski definition) is 6. The molecule has 0 fully saturated rings. The molecule has 1 aromatic heterocycles. The van der Waals surface area contributed by atoms with Crippen molar-refractivity contribution in [3.05, 3.63) is 88.2 Å². The number of pyridine rings is 1. The Balaban J connectivity index is 1.74. The molecule has 3 rings (SSSR count). The molecule has 0 atom stereocenters. The third kappa shape index (κ3) is 4.96. The maximum absolute atomic E-state index is 12.5. The topological polar surface area (TPSA) is 123 Å². The summed E-state index contributed by atoms with van der Waals surface area (Å²) in [4.78, 5) is 39.3. The second-order valence-corrected chi connectivity index (χ2v) is 6.10. The predicted molar refractivity (Wildman–Crippen MR) is 111 cm³/mol. The summed E-state index contributed by atoms with van der Waals surface area (Å²) in [7, 11) is 0. The Kier molecular flexibility index (Phi) is 6.33. The molecule has 9 heteroatoms. The molecule has 0 bridgehead atoms. The van der Waals surface area contributed by atoms with E-state index >= 15 is 0 Å². The van der Waals surface area contributed by atoms with Crippen molar-refractivity contribution in [1.82, 2.24) is 4.98 Å². The molecular formula is C21H18N4O5. The van der Waals surface area contributed by atoms with E-state index in [1.54, 1.807) is 49.5 Å². The van der Waals surface area contributed by atoms with Gasteiger partial charge in [0.15, 0.2) is 5.75 Å². The molecule has 9 nitrogen and oxygen atoms in total. The SMILES string of the molecule is CCOc1ccc(C(=O)Nc2cccc(NC(=O)c3cccnc3)c2)cc1[N+](=O)[O-]. The van der Waals surface area contributed by atoms with Gasteiger partial charge in [0.05, 0.1) is 17.1 Å². The van der Waals surface area contributed by atoms with Gasteiger partial charge in [-0.3, -0.25) is 24.7 Å². The number of nitrogens with one attached hydrogen (secondary N) is 2. The molecule has 0 spiro atoms. The van der Waals surface area contributed by atoms with Crippen LogP contribution in [-0.2, 0) is 0 Å². The van der Waals surface area contributed by atoms with E-state index in [4.69, 9.17) is 4.74 Å². The first-order chi connectivity index (χ1) is 14.5. The lowest BCUT2D eigenvalue weighted by molar-refractivity contribution is -0.385. The molecule has 0 saturated heterocycles. The molecule has 2 N–H and O–H groups in total. The van der Waals surface area contributed by atoms with Crippen LogP contribution in [0.2, 0.25) is 0 Å². The molecule has 0 radical (unpaired) electrons. The Hall–Kier alpha value is -4.27. The molecule has 2 aromatic carbocycles. The van der Waals surface area contributed by atoms with E-state index < -0.39 is 10.8 Å². The number of aromatic nitrogens is 1. The molecule has 1 heterocycles. The standard InChI is InChI=1S/C21H18N4O5/c1-2-30-19-9-8-14(11-18(19)25(28)29)20(26)23-16-6-3-7-17(12-16)24-21(27)15-5-4-10-22-13-15/h3-13H,2H2,1H3,(H,23,26)(H,24,27). The molecule has 0 aliphatic rings. The van der Waals surface area contributed by atoms with E-state index in [1.807, 2.05) is 0 Å². The zero-order valence-electron chi connectivity index (χ0n) is 16.0. The van der Waals surface area contributed by atoms with Crippen LogP contribution in [-0.4, -0.2) is 28.3 Å². The third-order valence-corrected chi connectivity index (χ3v) is 4.02. The first-order valence-corrected chi connectivity index (χ1v) is 9.02. The predicted octanol–water partition coefficient (Wildman–Crippen LogP) is 3.89. The summed E-state index contributed by atoms with van der Waals surface area (Å²) in [6.07, 6.45) is 3.01. The zero-order valence-corrected chi connectivity index (χ0v) is 16.0. The normalized spacial score (nSPS) is 10.2. The van der Waals surface area contributed by atoms with Crippen molar-refractivity contribution in [3.8, 4) is 5.75 Å². The zero-order chi connectivity index (χ0) is 21.5. The van der Waals surface area contributed by atoms with Gasteiger partial charge < -0.3 is 15.4 Å². The summed E-state index contributed by atoms with van der Waals surface area (Å²) in [6.45, 7) is 1.98. The van der Waals surface area contributed by atoms with E-state index in [0.29, 0.717) is 16.9 Å². The van der Waals surface area contributed by atoms with Crippen LogP contribution in [0.25, 0.3) is 0 Å². The monoisotopic (exact) mass is 406 g/mol. The van der Waals surface area contributed by atoms with Crippen LogP contribution < -0.4 is 15.4 Å². The van der Waals surface area contributed by atoms with E-state index in [9.17, 15) is 19.7 Å². The number of nitro benzene ring substituents is 1. The second-order valence-electron chi connectivity index (χ2n) is 6.10. The molecule has 0 saturated carbocycles. The van der Waals surface area contributed by atoms with Gasteiger partial charge in [0.2, 0.25) is 0 Å². The largest absolute Gasteiger partial charge is 0.487 e. The minimum absolute atomic E-state index is 0.0964. The fourth-order valence-corrected chi connectivity index (χ4v) is 2.66. The van der Waals surface area contributed by atoms with Crippen molar-refractivity contribution in [3.63, 3.8) is 0 Å². The van der Waals surface area contributed by atoms with Gasteiger partial charge in [-0.15, -0.1) is 0 Å². The Labute approximate surface area is 171 Å². The molecule has 0 aliphatic heterocycles. The number of carbonyl (C=O) groups is 2. The number of carbonyl (C=O) groups excluding carboxylic acids is 2. The number of nitrogens with zero attached hydrogens (tertiary/aromatic N) is 2. The minimum atomic E-state index is -0.601. The van der Waals surface area contributed by atoms with Gasteiger partial charge in [-0.25, -0.2) is 0 Å². The number of amides is 2. The maximum atomic E-state index is 12.5. The van der Waals surface area contributed by atoms with Crippen LogP contribution in [0.4, 0.5) is 17.1 Å². The van der Waals surface area contributed by atoms with Crippen molar-refractivity contribution >= 4 is 28.9 Å². The Morgan fingerprint density at radius 3 is 2.30 bits per heavy atom. The van der Waals surface area contributed by atoms with Gasteiger partial charge in [0.25, 0.3) is 11.8 Å². The van der Waals surface area contributed by atoms with E-state index in [2.05, 4.69) is 15.6 Å². The van der Waals surface area contributed by atoms with Crippen LogP contribution in [0.3, 0.4) is 0 Å². The average molecular weight is 406 g/mol. The summed E-state index contributed by atoms with van der Waals surface area (Å²) in [5.74, 6) is -0.773. The van der Waals surface area contributed by atoms with Crippen molar-refractivity contribution in [2.75, 3.05) is 17.2 Å². The van der Waals surface area contributed by atoms with Gasteiger partial charge in [-0.2, -0.15) is 0 Å². The van der Waals surface area contributed by atoms with Crippen LogP contribution in [0.1, 0.15) is 27.6 Å². The summed E-state index contributed by atoms with van der Waals surface area (Å²) >= 11 is 0. The van der Waals surface area contributed by atoms with Gasteiger partial charge in [0, 0.05) is 35.4 Å². The number of ether oxygens (including phenoxy) is 1. The maximum Gasteiger partial charge on any atom is 0.311 e. The fourth-order valence-electron chi connectivity index (χ4n) is 2.66. The van der Waals surface area contributed by atoms with Crippen LogP contribution in [0.15, 0.2) is 67.0 Å². The number of nitro groups is 1. The Bertz CT molecular complexity index is 1090. The summed E-state index contributed by atoms with van der Waals surface area (Å²) in [6, 6.07) is 13.8. The number of rotatable bonds is 7. The minimum Gasteiger partial charge on any atom is -0.487 e. The fraction of sp³-hybridized carbons (Fsp3) is 0.0952. The van der Waals surface area contributed by atoms with Crippen molar-refractivity contribution < 1.29 is 19.2 Å². The summed E-state index contributed by atoms with van der Waals surface area (Å²) in [5.41, 5.74) is 1.10. The van der Waals surface area contributed by atoms with Crippen LogP contribution in [0, 0.1) is 10.1 Å². The van der Waals surface area contributed by atoms with Gasteiger partial charge in [-0.1, -0.05) is 6.07 Å². The molecular weight excluding hydrogens is 388 g/mol. The first-order valence-electron chi connectivity index (χ1n) is 9.02. The highest BCUT2D eigenvalue weighted by molar-refractivity contribution is 6.06. The highest BCUT2D eigenvalue weighted by Crippen LogP contribution is 2.28. The summed E-state index contributed by atoms with van der Waals surface area (Å²) < 4.78 is 5.22. The quantitative estimate of drug-likeness (QED) is 0.453. The smallest absolute Gasteiger partial charge is 0.311 e. The highest BCUT2D eigenvalue weighted by Gasteiger charge is 2.19. The van der Waals surface area contributed by atoms with E-state index in [-0.39, 0.29) is 29.5 Å². The van der Waals surface area contributed by atoms with Crippen molar-refractivity contribution in [2.45, 2.75) is 6.92 Å².